The average Bonchev–Trinajstić information content (AvgIpc) is 2.30. The van der Waals surface area contributed by atoms with Gasteiger partial charge in [-0.3, -0.25) is 4.99 Å². The van der Waals surface area contributed by atoms with Gasteiger partial charge < -0.3 is 0 Å². The van der Waals surface area contributed by atoms with Gasteiger partial charge in [0.25, 0.3) is 0 Å². The second kappa shape index (κ2) is 5.79. The van der Waals surface area contributed by atoms with Gasteiger partial charge in [-0.05, 0) is 11.5 Å². The molecule has 0 aromatic rings. The molecule has 0 bridgehead atoms. The Morgan fingerprint density at radius 3 is 2.29 bits per heavy atom. The van der Waals surface area contributed by atoms with Gasteiger partial charge in [0, 0.05) is 17.8 Å². The van der Waals surface area contributed by atoms with Crippen molar-refractivity contribution in [1.29, 1.82) is 0 Å². The van der Waals surface area contributed by atoms with E-state index in [2.05, 4.69) is 44.8 Å². The summed E-state index contributed by atoms with van der Waals surface area (Å²) in [5.74, 6) is 0.563. The molecule has 1 aliphatic rings. The van der Waals surface area contributed by atoms with Gasteiger partial charge in [0.1, 0.15) is 0 Å². The van der Waals surface area contributed by atoms with Crippen molar-refractivity contribution in [2.45, 2.75) is 41.5 Å². The SMILES string of the molecule is CC.CC(C)C1=CC(C)(C)C=CN=C1. The minimum absolute atomic E-state index is 0.149. The van der Waals surface area contributed by atoms with Crippen molar-refractivity contribution in [3.63, 3.8) is 0 Å². The van der Waals surface area contributed by atoms with Gasteiger partial charge in [0.05, 0.1) is 0 Å². The van der Waals surface area contributed by atoms with E-state index in [1.807, 2.05) is 26.3 Å². The minimum atomic E-state index is 0.149. The van der Waals surface area contributed by atoms with Crippen molar-refractivity contribution in [2.24, 2.45) is 16.3 Å². The predicted octanol–water partition coefficient (Wildman–Crippen LogP) is 4.22. The zero-order valence-electron chi connectivity index (χ0n) is 10.3. The standard InChI is InChI=1S/C11H17N.C2H6/c1-9(2)10-7-11(3,4)5-6-12-8-10;1-2/h5-9H,1-4H3;1-2H3. The predicted molar refractivity (Wildman–Crippen MR) is 65.7 cm³/mol. The second-order valence-electron chi connectivity index (χ2n) is 4.21. The average molecular weight is 193 g/mol. The van der Waals surface area contributed by atoms with Crippen LogP contribution in [0.3, 0.4) is 0 Å². The minimum Gasteiger partial charge on any atom is -0.265 e. The van der Waals surface area contributed by atoms with Crippen molar-refractivity contribution in [2.75, 3.05) is 0 Å². The Kier molecular flexibility index (Phi) is 5.44. The Balaban J connectivity index is 0.000000791. The van der Waals surface area contributed by atoms with Gasteiger partial charge in [-0.1, -0.05) is 53.7 Å². The van der Waals surface area contributed by atoms with Crippen molar-refractivity contribution in [3.05, 3.63) is 23.9 Å². The molecule has 0 saturated carbocycles. The number of rotatable bonds is 1. The van der Waals surface area contributed by atoms with Crippen LogP contribution in [0.2, 0.25) is 0 Å². The van der Waals surface area contributed by atoms with E-state index in [1.54, 1.807) is 0 Å². The summed E-state index contributed by atoms with van der Waals surface area (Å²) in [6, 6.07) is 0. The van der Waals surface area contributed by atoms with Crippen molar-refractivity contribution in [3.8, 4) is 0 Å². The number of allylic oxidation sites excluding steroid dienone is 3. The first kappa shape index (κ1) is 13.2. The van der Waals surface area contributed by atoms with Gasteiger partial charge in [-0.25, -0.2) is 0 Å². The molecule has 0 fully saturated rings. The van der Waals surface area contributed by atoms with Crippen LogP contribution < -0.4 is 0 Å². The summed E-state index contributed by atoms with van der Waals surface area (Å²) < 4.78 is 0. The number of hydrogen-bond acceptors (Lipinski definition) is 1. The Bertz CT molecular complexity index is 242. The topological polar surface area (TPSA) is 12.4 Å². The molecule has 0 aromatic carbocycles. The maximum atomic E-state index is 4.20. The molecule has 80 valence electrons. The quantitative estimate of drug-likeness (QED) is 0.591. The fourth-order valence-electron chi connectivity index (χ4n) is 1.19. The molecule has 0 unspecified atom stereocenters. The molecule has 1 rings (SSSR count). The monoisotopic (exact) mass is 193 g/mol. The highest BCUT2D eigenvalue weighted by atomic mass is 14.7. The van der Waals surface area contributed by atoms with Crippen molar-refractivity contribution in [1.82, 2.24) is 0 Å². The molecule has 0 amide bonds. The third kappa shape index (κ3) is 4.40. The van der Waals surface area contributed by atoms with E-state index < -0.39 is 0 Å². The van der Waals surface area contributed by atoms with Crippen LogP contribution in [0.5, 0.6) is 0 Å². The van der Waals surface area contributed by atoms with E-state index in [1.165, 1.54) is 5.57 Å². The molecule has 1 heteroatoms. The molecule has 0 saturated heterocycles. The molecular weight excluding hydrogens is 170 g/mol. The third-order valence-corrected chi connectivity index (χ3v) is 2.02. The van der Waals surface area contributed by atoms with E-state index in [4.69, 9.17) is 0 Å². The van der Waals surface area contributed by atoms with Crippen LogP contribution in [0.15, 0.2) is 28.9 Å². The molecule has 0 N–H and O–H groups in total. The molecule has 1 heterocycles. The summed E-state index contributed by atoms with van der Waals surface area (Å²) >= 11 is 0. The van der Waals surface area contributed by atoms with Crippen LogP contribution in [0.1, 0.15) is 41.5 Å². The number of hydrogen-bond donors (Lipinski definition) is 0. The largest absolute Gasteiger partial charge is 0.265 e. The normalized spacial score (nSPS) is 18.4. The zero-order valence-corrected chi connectivity index (χ0v) is 10.3. The summed E-state index contributed by atoms with van der Waals surface area (Å²) in [5.41, 5.74) is 1.47. The lowest BCUT2D eigenvalue weighted by atomic mass is 9.88. The van der Waals surface area contributed by atoms with Gasteiger partial charge in [0.15, 0.2) is 0 Å². The molecule has 0 spiro atoms. The van der Waals surface area contributed by atoms with Crippen LogP contribution in [0, 0.1) is 11.3 Å². The zero-order chi connectivity index (χ0) is 11.2. The van der Waals surface area contributed by atoms with E-state index >= 15 is 0 Å². The molecule has 0 aromatic heterocycles. The summed E-state index contributed by atoms with van der Waals surface area (Å²) in [6.45, 7) is 12.8. The molecule has 1 aliphatic heterocycles. The van der Waals surface area contributed by atoms with Crippen molar-refractivity contribution < 1.29 is 0 Å². The van der Waals surface area contributed by atoms with E-state index in [-0.39, 0.29) is 5.41 Å². The summed E-state index contributed by atoms with van der Waals surface area (Å²) in [6.07, 6.45) is 8.24. The molecule has 0 radical (unpaired) electrons. The summed E-state index contributed by atoms with van der Waals surface area (Å²) in [5, 5.41) is 0. The Morgan fingerprint density at radius 1 is 1.21 bits per heavy atom. The fourth-order valence-corrected chi connectivity index (χ4v) is 1.19. The van der Waals surface area contributed by atoms with E-state index in [0.717, 1.165) is 0 Å². The fraction of sp³-hybridized carbons (Fsp3) is 0.615. The number of nitrogens with zero attached hydrogens (tertiary/aromatic N) is 1. The molecular formula is C13H23N. The highest BCUT2D eigenvalue weighted by molar-refractivity contribution is 5.80. The molecule has 14 heavy (non-hydrogen) atoms. The van der Waals surface area contributed by atoms with Gasteiger partial charge in [0.2, 0.25) is 0 Å². The lowest BCUT2D eigenvalue weighted by molar-refractivity contribution is 0.613. The maximum Gasteiger partial charge on any atom is 0.0299 e. The van der Waals surface area contributed by atoms with Gasteiger partial charge >= 0.3 is 0 Å². The van der Waals surface area contributed by atoms with Crippen LogP contribution >= 0.6 is 0 Å². The first-order valence-electron chi connectivity index (χ1n) is 5.45. The highest BCUT2D eigenvalue weighted by Gasteiger charge is 2.14. The summed E-state index contributed by atoms with van der Waals surface area (Å²) in [4.78, 5) is 4.20. The lowest BCUT2D eigenvalue weighted by Crippen LogP contribution is -2.05. The van der Waals surface area contributed by atoms with E-state index in [9.17, 15) is 0 Å². The molecule has 1 nitrogen and oxygen atoms in total. The van der Waals surface area contributed by atoms with Crippen LogP contribution in [0.25, 0.3) is 0 Å². The van der Waals surface area contributed by atoms with Gasteiger partial charge in [-0.2, -0.15) is 0 Å². The van der Waals surface area contributed by atoms with Gasteiger partial charge in [-0.15, -0.1) is 0 Å². The lowest BCUT2D eigenvalue weighted by Gasteiger charge is -2.16. The molecule has 0 aliphatic carbocycles. The second-order valence-corrected chi connectivity index (χ2v) is 4.21. The first-order valence-corrected chi connectivity index (χ1v) is 5.45. The first-order chi connectivity index (χ1) is 6.51. The highest BCUT2D eigenvalue weighted by Crippen LogP contribution is 2.25. The smallest absolute Gasteiger partial charge is 0.0299 e. The number of aliphatic imine (C=N–C) groups is 1. The third-order valence-electron chi connectivity index (χ3n) is 2.02. The van der Waals surface area contributed by atoms with Crippen LogP contribution in [-0.2, 0) is 0 Å². The molecule has 0 atom stereocenters. The van der Waals surface area contributed by atoms with Crippen molar-refractivity contribution >= 4 is 6.21 Å². The Hall–Kier alpha value is -0.850. The van der Waals surface area contributed by atoms with Crippen LogP contribution in [0.4, 0.5) is 0 Å². The van der Waals surface area contributed by atoms with Crippen LogP contribution in [-0.4, -0.2) is 6.21 Å². The maximum absolute atomic E-state index is 4.20. The van der Waals surface area contributed by atoms with E-state index in [0.29, 0.717) is 5.92 Å². The Labute approximate surface area is 88.6 Å². The summed E-state index contributed by atoms with van der Waals surface area (Å²) in [7, 11) is 0. The Morgan fingerprint density at radius 2 is 1.79 bits per heavy atom.